The van der Waals surface area contributed by atoms with Gasteiger partial charge in [0, 0.05) is 6.54 Å². The van der Waals surface area contributed by atoms with Crippen molar-refractivity contribution in [3.8, 4) is 0 Å². The lowest BCUT2D eigenvalue weighted by atomic mass is 10.0. The van der Waals surface area contributed by atoms with Gasteiger partial charge in [-0.15, -0.1) is 0 Å². The van der Waals surface area contributed by atoms with Crippen molar-refractivity contribution in [3.63, 3.8) is 0 Å². The number of rotatable bonds is 3. The molecular formula is C10H18N2O4. The standard InChI is InChI=1S/C10H18N2O4/c1-7(13)8-3-4-12(5-8)6-9(14)11-10(15)16-2/h7-8,13H,3-6H2,1-2H3,(H,11,14,15). The van der Waals surface area contributed by atoms with E-state index in [0.29, 0.717) is 6.54 Å². The van der Waals surface area contributed by atoms with Gasteiger partial charge < -0.3 is 9.84 Å². The van der Waals surface area contributed by atoms with Crippen LogP contribution in [0.3, 0.4) is 0 Å². The Morgan fingerprint density at radius 1 is 1.62 bits per heavy atom. The highest BCUT2D eigenvalue weighted by atomic mass is 16.5. The number of aliphatic hydroxyl groups excluding tert-OH is 1. The van der Waals surface area contributed by atoms with Crippen LogP contribution < -0.4 is 5.32 Å². The third kappa shape index (κ3) is 3.79. The Balaban J connectivity index is 2.28. The fourth-order valence-electron chi connectivity index (χ4n) is 1.81. The van der Waals surface area contributed by atoms with E-state index < -0.39 is 6.09 Å². The number of hydrogen-bond acceptors (Lipinski definition) is 5. The molecule has 6 heteroatoms. The van der Waals surface area contributed by atoms with Crippen LogP contribution in [0, 0.1) is 5.92 Å². The number of methoxy groups -OCH3 is 1. The molecule has 1 heterocycles. The number of carbonyl (C=O) groups is 2. The SMILES string of the molecule is COC(=O)NC(=O)CN1CCC(C(C)O)C1. The molecule has 0 saturated carbocycles. The second kappa shape index (κ2) is 5.81. The van der Waals surface area contributed by atoms with Gasteiger partial charge >= 0.3 is 6.09 Å². The Morgan fingerprint density at radius 2 is 2.31 bits per heavy atom. The molecule has 0 radical (unpaired) electrons. The van der Waals surface area contributed by atoms with E-state index in [-0.39, 0.29) is 24.5 Å². The molecule has 1 aliphatic rings. The van der Waals surface area contributed by atoms with Crippen molar-refractivity contribution in [1.29, 1.82) is 0 Å². The van der Waals surface area contributed by atoms with Crippen LogP contribution in [0.2, 0.25) is 0 Å². The van der Waals surface area contributed by atoms with Crippen molar-refractivity contribution < 1.29 is 19.4 Å². The summed E-state index contributed by atoms with van der Waals surface area (Å²) < 4.78 is 4.32. The third-order valence-corrected chi connectivity index (χ3v) is 2.79. The van der Waals surface area contributed by atoms with Crippen molar-refractivity contribution in [1.82, 2.24) is 10.2 Å². The number of alkyl carbamates (subject to hydrolysis) is 1. The van der Waals surface area contributed by atoms with Gasteiger partial charge in [0.05, 0.1) is 19.8 Å². The first kappa shape index (κ1) is 12.9. The average Bonchev–Trinajstić information content (AvgIpc) is 2.65. The summed E-state index contributed by atoms with van der Waals surface area (Å²) in [6.45, 7) is 3.37. The maximum atomic E-state index is 11.3. The first-order chi connectivity index (χ1) is 7.52. The number of hydrogen-bond donors (Lipinski definition) is 2. The highest BCUT2D eigenvalue weighted by Gasteiger charge is 2.27. The summed E-state index contributed by atoms with van der Waals surface area (Å²) in [6.07, 6.45) is -0.215. The van der Waals surface area contributed by atoms with Gasteiger partial charge in [-0.1, -0.05) is 0 Å². The summed E-state index contributed by atoms with van der Waals surface area (Å²) in [6, 6.07) is 0. The van der Waals surface area contributed by atoms with E-state index in [1.165, 1.54) is 7.11 Å². The lowest BCUT2D eigenvalue weighted by Gasteiger charge is -2.16. The van der Waals surface area contributed by atoms with Crippen molar-refractivity contribution in [3.05, 3.63) is 0 Å². The average molecular weight is 230 g/mol. The summed E-state index contributed by atoms with van der Waals surface area (Å²) in [5, 5.41) is 11.5. The van der Waals surface area contributed by atoms with Crippen LogP contribution in [0.5, 0.6) is 0 Å². The van der Waals surface area contributed by atoms with E-state index in [1.54, 1.807) is 6.92 Å². The first-order valence-electron chi connectivity index (χ1n) is 5.31. The minimum Gasteiger partial charge on any atom is -0.453 e. The maximum absolute atomic E-state index is 11.3. The van der Waals surface area contributed by atoms with Gasteiger partial charge in [-0.05, 0) is 25.8 Å². The van der Waals surface area contributed by atoms with Gasteiger partial charge in [-0.2, -0.15) is 0 Å². The molecule has 1 aliphatic heterocycles. The van der Waals surface area contributed by atoms with Gasteiger partial charge in [-0.3, -0.25) is 15.0 Å². The van der Waals surface area contributed by atoms with Gasteiger partial charge in [0.2, 0.25) is 5.91 Å². The molecule has 1 rings (SSSR count). The van der Waals surface area contributed by atoms with Crippen molar-refractivity contribution in [2.45, 2.75) is 19.4 Å². The predicted octanol–water partition coefficient (Wildman–Crippen LogP) is -0.428. The molecule has 2 N–H and O–H groups in total. The molecule has 2 atom stereocenters. The Labute approximate surface area is 94.6 Å². The summed E-state index contributed by atoms with van der Waals surface area (Å²) in [4.78, 5) is 24.0. The fourth-order valence-corrected chi connectivity index (χ4v) is 1.81. The summed E-state index contributed by atoms with van der Waals surface area (Å²) in [5.74, 6) is -0.163. The second-order valence-electron chi connectivity index (χ2n) is 4.06. The Kier molecular flexibility index (Phi) is 4.70. The fraction of sp³-hybridized carbons (Fsp3) is 0.800. The topological polar surface area (TPSA) is 78.9 Å². The number of carbonyl (C=O) groups excluding carboxylic acids is 2. The lowest BCUT2D eigenvalue weighted by molar-refractivity contribution is -0.121. The second-order valence-corrected chi connectivity index (χ2v) is 4.06. The number of nitrogens with one attached hydrogen (secondary N) is 1. The minimum atomic E-state index is -0.740. The monoisotopic (exact) mass is 230 g/mol. The van der Waals surface area contributed by atoms with E-state index in [2.05, 4.69) is 10.1 Å². The zero-order valence-corrected chi connectivity index (χ0v) is 9.60. The van der Waals surface area contributed by atoms with E-state index >= 15 is 0 Å². The van der Waals surface area contributed by atoms with E-state index in [1.807, 2.05) is 4.90 Å². The smallest absolute Gasteiger partial charge is 0.413 e. The molecule has 0 aromatic carbocycles. The van der Waals surface area contributed by atoms with Crippen LogP contribution in [0.25, 0.3) is 0 Å². The Morgan fingerprint density at radius 3 is 2.81 bits per heavy atom. The largest absolute Gasteiger partial charge is 0.453 e. The predicted molar refractivity (Wildman–Crippen MR) is 56.8 cm³/mol. The molecular weight excluding hydrogens is 212 g/mol. The van der Waals surface area contributed by atoms with E-state index in [4.69, 9.17) is 0 Å². The molecule has 92 valence electrons. The number of likely N-dealkylation sites (tertiary alicyclic amines) is 1. The van der Waals surface area contributed by atoms with Crippen LogP contribution >= 0.6 is 0 Å². The Bertz CT molecular complexity index is 268. The Hall–Kier alpha value is -1.14. The van der Waals surface area contributed by atoms with Crippen LogP contribution in [-0.2, 0) is 9.53 Å². The number of aliphatic hydroxyl groups is 1. The normalized spacial score (nSPS) is 22.8. The number of ether oxygens (including phenoxy) is 1. The summed E-state index contributed by atoms with van der Waals surface area (Å²) in [7, 11) is 1.21. The first-order valence-corrected chi connectivity index (χ1v) is 5.31. The summed E-state index contributed by atoms with van der Waals surface area (Å²) >= 11 is 0. The highest BCUT2D eigenvalue weighted by molar-refractivity contribution is 5.92. The van der Waals surface area contributed by atoms with E-state index in [0.717, 1.165) is 13.0 Å². The van der Waals surface area contributed by atoms with Crippen LogP contribution in [0.1, 0.15) is 13.3 Å². The zero-order valence-electron chi connectivity index (χ0n) is 9.60. The minimum absolute atomic E-state index is 0.165. The van der Waals surface area contributed by atoms with Gasteiger partial charge in [0.25, 0.3) is 0 Å². The number of amides is 2. The zero-order chi connectivity index (χ0) is 12.1. The van der Waals surface area contributed by atoms with Crippen LogP contribution in [0.4, 0.5) is 4.79 Å². The lowest BCUT2D eigenvalue weighted by Crippen LogP contribution is -2.39. The summed E-state index contributed by atoms with van der Waals surface area (Å²) in [5.41, 5.74) is 0. The molecule has 2 amide bonds. The molecule has 0 spiro atoms. The molecule has 6 nitrogen and oxygen atoms in total. The number of nitrogens with zero attached hydrogens (tertiary/aromatic N) is 1. The molecule has 0 bridgehead atoms. The molecule has 16 heavy (non-hydrogen) atoms. The van der Waals surface area contributed by atoms with Crippen molar-refractivity contribution in [2.75, 3.05) is 26.7 Å². The molecule has 1 fully saturated rings. The molecule has 1 saturated heterocycles. The van der Waals surface area contributed by atoms with Crippen molar-refractivity contribution in [2.24, 2.45) is 5.92 Å². The molecule has 0 aromatic heterocycles. The quantitative estimate of drug-likeness (QED) is 0.688. The van der Waals surface area contributed by atoms with Crippen molar-refractivity contribution >= 4 is 12.0 Å². The van der Waals surface area contributed by atoms with Gasteiger partial charge in [0.15, 0.2) is 0 Å². The number of imide groups is 1. The van der Waals surface area contributed by atoms with Crippen LogP contribution in [-0.4, -0.2) is 54.9 Å². The molecule has 0 aliphatic carbocycles. The molecule has 2 unspecified atom stereocenters. The highest BCUT2D eigenvalue weighted by Crippen LogP contribution is 2.18. The maximum Gasteiger partial charge on any atom is 0.413 e. The van der Waals surface area contributed by atoms with Gasteiger partial charge in [0.1, 0.15) is 0 Å². The van der Waals surface area contributed by atoms with E-state index in [9.17, 15) is 14.7 Å². The third-order valence-electron chi connectivity index (χ3n) is 2.79. The molecule has 0 aromatic rings. The van der Waals surface area contributed by atoms with Crippen LogP contribution in [0.15, 0.2) is 0 Å². The van der Waals surface area contributed by atoms with Gasteiger partial charge in [-0.25, -0.2) is 4.79 Å².